The molecule has 0 saturated carbocycles. The van der Waals surface area contributed by atoms with Gasteiger partial charge >= 0.3 is 0 Å². The first-order valence-electron chi connectivity index (χ1n) is 7.72. The Kier molecular flexibility index (Phi) is 3.45. The monoisotopic (exact) mass is 299 g/mol. The standard InChI is InChI=1S/C21H17NO/c23-21(19-14-22-20-9-5-4-8-18(19)20)17-12-10-16(11-13-17)15-6-2-1-3-7-15/h1-14,21-23H. The minimum atomic E-state index is -0.629. The van der Waals surface area contributed by atoms with Crippen LogP contribution in [0.1, 0.15) is 17.2 Å². The molecule has 0 aliphatic rings. The molecule has 4 aromatic rings. The highest BCUT2D eigenvalue weighted by molar-refractivity contribution is 5.83. The molecule has 3 aromatic carbocycles. The summed E-state index contributed by atoms with van der Waals surface area (Å²) in [6.45, 7) is 0. The van der Waals surface area contributed by atoms with E-state index in [-0.39, 0.29) is 0 Å². The molecular formula is C21H17NO. The van der Waals surface area contributed by atoms with E-state index in [1.165, 1.54) is 5.56 Å². The first-order chi connectivity index (χ1) is 11.3. The largest absolute Gasteiger partial charge is 0.384 e. The van der Waals surface area contributed by atoms with E-state index in [4.69, 9.17) is 0 Å². The summed E-state index contributed by atoms with van der Waals surface area (Å²) >= 11 is 0. The summed E-state index contributed by atoms with van der Waals surface area (Å²) in [7, 11) is 0. The Morgan fingerprint density at radius 2 is 1.35 bits per heavy atom. The van der Waals surface area contributed by atoms with E-state index in [1.807, 2.05) is 60.8 Å². The van der Waals surface area contributed by atoms with Gasteiger partial charge in [-0.2, -0.15) is 0 Å². The summed E-state index contributed by atoms with van der Waals surface area (Å²) in [5.41, 5.74) is 5.19. The molecule has 0 saturated heterocycles. The van der Waals surface area contributed by atoms with Gasteiger partial charge in [0.15, 0.2) is 0 Å². The predicted octanol–water partition coefficient (Wildman–Crippen LogP) is 4.92. The highest BCUT2D eigenvalue weighted by Crippen LogP contribution is 2.30. The van der Waals surface area contributed by atoms with Crippen molar-refractivity contribution in [3.8, 4) is 11.1 Å². The third kappa shape index (κ3) is 2.54. The maximum atomic E-state index is 10.7. The number of nitrogens with one attached hydrogen (secondary N) is 1. The molecule has 0 radical (unpaired) electrons. The normalized spacial score (nSPS) is 12.4. The van der Waals surface area contributed by atoms with E-state index in [2.05, 4.69) is 29.2 Å². The van der Waals surface area contributed by atoms with E-state index in [1.54, 1.807) is 0 Å². The average Bonchev–Trinajstić information content (AvgIpc) is 3.06. The van der Waals surface area contributed by atoms with Crippen LogP contribution in [-0.2, 0) is 0 Å². The molecule has 4 rings (SSSR count). The van der Waals surface area contributed by atoms with Gasteiger partial charge < -0.3 is 10.1 Å². The first kappa shape index (κ1) is 13.8. The third-order valence-electron chi connectivity index (χ3n) is 4.25. The molecule has 2 nitrogen and oxygen atoms in total. The van der Waals surface area contributed by atoms with Crippen LogP contribution in [0.2, 0.25) is 0 Å². The van der Waals surface area contributed by atoms with Crippen molar-refractivity contribution in [1.29, 1.82) is 0 Å². The molecule has 0 aliphatic heterocycles. The number of aliphatic hydroxyl groups excluding tert-OH is 1. The zero-order chi connectivity index (χ0) is 15.6. The second kappa shape index (κ2) is 5.75. The van der Waals surface area contributed by atoms with Crippen molar-refractivity contribution in [2.45, 2.75) is 6.10 Å². The van der Waals surface area contributed by atoms with Crippen molar-refractivity contribution in [2.24, 2.45) is 0 Å². The molecule has 0 fully saturated rings. The average molecular weight is 299 g/mol. The third-order valence-corrected chi connectivity index (χ3v) is 4.25. The van der Waals surface area contributed by atoms with Crippen LogP contribution in [0.3, 0.4) is 0 Å². The van der Waals surface area contributed by atoms with Crippen LogP contribution in [0, 0.1) is 0 Å². The minimum Gasteiger partial charge on any atom is -0.384 e. The van der Waals surface area contributed by atoms with Crippen molar-refractivity contribution in [2.75, 3.05) is 0 Å². The maximum absolute atomic E-state index is 10.7. The number of hydrogen-bond donors (Lipinski definition) is 2. The van der Waals surface area contributed by atoms with Crippen molar-refractivity contribution in [3.63, 3.8) is 0 Å². The zero-order valence-electron chi connectivity index (χ0n) is 12.6. The summed E-state index contributed by atoms with van der Waals surface area (Å²) in [5.74, 6) is 0. The molecule has 1 atom stereocenters. The quantitative estimate of drug-likeness (QED) is 0.553. The zero-order valence-corrected chi connectivity index (χ0v) is 12.6. The molecule has 2 heteroatoms. The Morgan fingerprint density at radius 3 is 2.13 bits per heavy atom. The van der Waals surface area contributed by atoms with E-state index in [0.717, 1.165) is 27.6 Å². The molecule has 1 aromatic heterocycles. The summed E-state index contributed by atoms with van der Waals surface area (Å²) in [5, 5.41) is 11.8. The number of fused-ring (bicyclic) bond motifs is 1. The first-order valence-corrected chi connectivity index (χ1v) is 7.72. The summed E-state index contributed by atoms with van der Waals surface area (Å²) < 4.78 is 0. The highest BCUT2D eigenvalue weighted by Gasteiger charge is 2.14. The Bertz CT molecular complexity index is 923. The van der Waals surface area contributed by atoms with E-state index in [9.17, 15) is 5.11 Å². The molecule has 1 unspecified atom stereocenters. The minimum absolute atomic E-state index is 0.629. The molecule has 23 heavy (non-hydrogen) atoms. The Morgan fingerprint density at radius 1 is 0.696 bits per heavy atom. The van der Waals surface area contributed by atoms with Crippen molar-refractivity contribution in [1.82, 2.24) is 4.98 Å². The van der Waals surface area contributed by atoms with Gasteiger partial charge in [-0.25, -0.2) is 0 Å². The van der Waals surface area contributed by atoms with Crippen LogP contribution in [0.4, 0.5) is 0 Å². The van der Waals surface area contributed by atoms with Gasteiger partial charge in [-0.15, -0.1) is 0 Å². The van der Waals surface area contributed by atoms with E-state index in [0.29, 0.717) is 0 Å². The van der Waals surface area contributed by atoms with Gasteiger partial charge in [-0.05, 0) is 22.8 Å². The fourth-order valence-corrected chi connectivity index (χ4v) is 2.99. The van der Waals surface area contributed by atoms with Crippen LogP contribution < -0.4 is 0 Å². The number of H-pyrrole nitrogens is 1. The molecule has 2 N–H and O–H groups in total. The lowest BCUT2D eigenvalue weighted by molar-refractivity contribution is 0.222. The number of aliphatic hydroxyl groups is 1. The SMILES string of the molecule is OC(c1ccc(-c2ccccc2)cc1)c1c[nH]c2ccccc12. The topological polar surface area (TPSA) is 36.0 Å². The molecule has 0 aliphatic carbocycles. The van der Waals surface area contributed by atoms with Crippen molar-refractivity contribution in [3.05, 3.63) is 96.2 Å². The Balaban J connectivity index is 1.68. The number of benzene rings is 3. The number of hydrogen-bond acceptors (Lipinski definition) is 1. The summed E-state index contributed by atoms with van der Waals surface area (Å²) in [6.07, 6.45) is 1.26. The summed E-state index contributed by atoms with van der Waals surface area (Å²) in [4.78, 5) is 3.22. The Labute approximate surface area is 135 Å². The van der Waals surface area contributed by atoms with Gasteiger partial charge in [0, 0.05) is 22.7 Å². The van der Waals surface area contributed by atoms with Crippen LogP contribution in [0.15, 0.2) is 85.1 Å². The number of rotatable bonds is 3. The van der Waals surface area contributed by atoms with Gasteiger partial charge in [-0.1, -0.05) is 72.8 Å². The lowest BCUT2D eigenvalue weighted by atomic mass is 9.98. The van der Waals surface area contributed by atoms with Crippen LogP contribution in [-0.4, -0.2) is 10.1 Å². The van der Waals surface area contributed by atoms with Crippen molar-refractivity contribution >= 4 is 10.9 Å². The smallest absolute Gasteiger partial charge is 0.106 e. The van der Waals surface area contributed by atoms with Crippen molar-refractivity contribution < 1.29 is 5.11 Å². The molecule has 112 valence electrons. The van der Waals surface area contributed by atoms with Crippen LogP contribution in [0.5, 0.6) is 0 Å². The van der Waals surface area contributed by atoms with E-state index >= 15 is 0 Å². The van der Waals surface area contributed by atoms with E-state index < -0.39 is 6.10 Å². The molecular weight excluding hydrogens is 282 g/mol. The van der Waals surface area contributed by atoms with Gasteiger partial charge in [0.05, 0.1) is 0 Å². The van der Waals surface area contributed by atoms with Gasteiger partial charge in [0.25, 0.3) is 0 Å². The summed E-state index contributed by atoms with van der Waals surface area (Å²) in [6, 6.07) is 26.4. The molecule has 1 heterocycles. The number of aromatic nitrogens is 1. The lowest BCUT2D eigenvalue weighted by Crippen LogP contribution is -1.98. The molecule has 0 bridgehead atoms. The molecule has 0 amide bonds. The predicted molar refractivity (Wildman–Crippen MR) is 94.2 cm³/mol. The van der Waals surface area contributed by atoms with Gasteiger partial charge in [-0.3, -0.25) is 0 Å². The van der Waals surface area contributed by atoms with Gasteiger partial charge in [0.2, 0.25) is 0 Å². The number of para-hydroxylation sites is 1. The second-order valence-electron chi connectivity index (χ2n) is 5.68. The van der Waals surface area contributed by atoms with Gasteiger partial charge in [0.1, 0.15) is 6.10 Å². The Hall–Kier alpha value is -2.84. The van der Waals surface area contributed by atoms with Crippen LogP contribution in [0.25, 0.3) is 22.0 Å². The fourth-order valence-electron chi connectivity index (χ4n) is 2.99. The molecule has 0 spiro atoms. The fraction of sp³-hybridized carbons (Fsp3) is 0.0476. The number of aromatic amines is 1. The highest BCUT2D eigenvalue weighted by atomic mass is 16.3. The lowest BCUT2D eigenvalue weighted by Gasteiger charge is -2.11. The second-order valence-corrected chi connectivity index (χ2v) is 5.68. The maximum Gasteiger partial charge on any atom is 0.106 e. The van der Waals surface area contributed by atoms with Crippen LogP contribution >= 0.6 is 0 Å².